The number of fused-ring (bicyclic) bond motifs is 1. The van der Waals surface area contributed by atoms with Gasteiger partial charge in [-0.05, 0) is 11.6 Å². The van der Waals surface area contributed by atoms with Gasteiger partial charge in [0, 0.05) is 31.3 Å². The average molecular weight is 266 g/mol. The maximum Gasteiger partial charge on any atom is 0.223 e. The lowest BCUT2D eigenvalue weighted by molar-refractivity contribution is -0.129. The molecule has 18 heavy (non-hydrogen) atoms. The second-order valence-electron chi connectivity index (χ2n) is 4.99. The minimum Gasteiger partial charge on any atom is -0.334 e. The molecule has 1 aromatic rings. The molecular weight excluding hydrogens is 252 g/mol. The molecule has 2 aliphatic heterocycles. The SMILES string of the molecule is O=C1C[C@H]2CS(=O)(=O)C[C@H]2N1Cc1cccnc1. The van der Waals surface area contributed by atoms with E-state index in [0.717, 1.165) is 5.56 Å². The smallest absolute Gasteiger partial charge is 0.223 e. The van der Waals surface area contributed by atoms with Gasteiger partial charge in [-0.15, -0.1) is 0 Å². The molecule has 0 saturated carbocycles. The van der Waals surface area contributed by atoms with Gasteiger partial charge in [-0.25, -0.2) is 8.42 Å². The highest BCUT2D eigenvalue weighted by atomic mass is 32.2. The number of pyridine rings is 1. The fourth-order valence-electron chi connectivity index (χ4n) is 2.86. The molecule has 6 heteroatoms. The van der Waals surface area contributed by atoms with E-state index in [-0.39, 0.29) is 29.4 Å². The maximum absolute atomic E-state index is 11.9. The monoisotopic (exact) mass is 266 g/mol. The van der Waals surface area contributed by atoms with Crippen LogP contribution in [0, 0.1) is 5.92 Å². The van der Waals surface area contributed by atoms with Gasteiger partial charge in [-0.3, -0.25) is 9.78 Å². The van der Waals surface area contributed by atoms with Crippen LogP contribution in [0.3, 0.4) is 0 Å². The molecule has 2 aliphatic rings. The van der Waals surface area contributed by atoms with Gasteiger partial charge in [0.1, 0.15) is 0 Å². The van der Waals surface area contributed by atoms with Crippen molar-refractivity contribution in [1.82, 2.24) is 9.88 Å². The Morgan fingerprint density at radius 2 is 2.22 bits per heavy atom. The molecule has 0 aromatic carbocycles. The number of amides is 1. The van der Waals surface area contributed by atoms with E-state index >= 15 is 0 Å². The molecule has 3 rings (SSSR count). The summed E-state index contributed by atoms with van der Waals surface area (Å²) in [5, 5.41) is 0. The summed E-state index contributed by atoms with van der Waals surface area (Å²) >= 11 is 0. The molecule has 0 unspecified atom stereocenters. The molecule has 0 N–H and O–H groups in total. The van der Waals surface area contributed by atoms with Crippen molar-refractivity contribution < 1.29 is 13.2 Å². The van der Waals surface area contributed by atoms with E-state index in [0.29, 0.717) is 13.0 Å². The van der Waals surface area contributed by atoms with Gasteiger partial charge < -0.3 is 4.90 Å². The van der Waals surface area contributed by atoms with E-state index < -0.39 is 9.84 Å². The summed E-state index contributed by atoms with van der Waals surface area (Å²) in [6, 6.07) is 3.58. The van der Waals surface area contributed by atoms with Crippen molar-refractivity contribution >= 4 is 15.7 Å². The van der Waals surface area contributed by atoms with Gasteiger partial charge in [0.2, 0.25) is 5.91 Å². The molecule has 1 aromatic heterocycles. The number of sulfone groups is 1. The summed E-state index contributed by atoms with van der Waals surface area (Å²) < 4.78 is 23.2. The van der Waals surface area contributed by atoms with Gasteiger partial charge in [0.25, 0.3) is 0 Å². The van der Waals surface area contributed by atoms with Crippen LogP contribution in [0.1, 0.15) is 12.0 Å². The highest BCUT2D eigenvalue weighted by Crippen LogP contribution is 2.34. The molecule has 5 nitrogen and oxygen atoms in total. The Labute approximate surface area is 106 Å². The van der Waals surface area contributed by atoms with Crippen LogP contribution in [-0.2, 0) is 21.2 Å². The lowest BCUT2D eigenvalue weighted by Crippen LogP contribution is -2.35. The Hall–Kier alpha value is -1.43. The number of rotatable bonds is 2. The van der Waals surface area contributed by atoms with Crippen molar-refractivity contribution in [2.45, 2.75) is 19.0 Å². The van der Waals surface area contributed by atoms with Crippen LogP contribution in [-0.4, -0.2) is 41.8 Å². The van der Waals surface area contributed by atoms with Gasteiger partial charge >= 0.3 is 0 Å². The number of hydrogen-bond donors (Lipinski definition) is 0. The summed E-state index contributed by atoms with van der Waals surface area (Å²) in [5.74, 6) is 0.319. The molecule has 0 bridgehead atoms. The molecule has 0 spiro atoms. The molecule has 2 saturated heterocycles. The quantitative estimate of drug-likeness (QED) is 0.768. The number of carbonyl (C=O) groups excluding carboxylic acids is 1. The van der Waals surface area contributed by atoms with Crippen LogP contribution in [0.4, 0.5) is 0 Å². The average Bonchev–Trinajstić information content (AvgIpc) is 2.74. The second kappa shape index (κ2) is 4.05. The first-order chi connectivity index (χ1) is 8.55. The number of likely N-dealkylation sites (tertiary alicyclic amines) is 1. The van der Waals surface area contributed by atoms with Crippen LogP contribution in [0.15, 0.2) is 24.5 Å². The Morgan fingerprint density at radius 1 is 1.39 bits per heavy atom. The number of nitrogens with zero attached hydrogens (tertiary/aromatic N) is 2. The van der Waals surface area contributed by atoms with E-state index in [9.17, 15) is 13.2 Å². The standard InChI is InChI=1S/C12H14N2O3S/c15-12-4-10-7-18(16,17)8-11(10)14(12)6-9-2-1-3-13-5-9/h1-3,5,10-11H,4,6-8H2/t10-,11+/m0/s1. The lowest BCUT2D eigenvalue weighted by atomic mass is 10.1. The van der Waals surface area contributed by atoms with Crippen LogP contribution < -0.4 is 0 Å². The number of carbonyl (C=O) groups is 1. The predicted molar refractivity (Wildman–Crippen MR) is 65.3 cm³/mol. The predicted octanol–water partition coefficient (Wildman–Crippen LogP) is 0.227. The normalized spacial score (nSPS) is 29.6. The van der Waals surface area contributed by atoms with Crippen LogP contribution in [0.5, 0.6) is 0 Å². The van der Waals surface area contributed by atoms with E-state index in [1.54, 1.807) is 17.3 Å². The van der Waals surface area contributed by atoms with Crippen molar-refractivity contribution in [3.8, 4) is 0 Å². The van der Waals surface area contributed by atoms with Crippen LogP contribution >= 0.6 is 0 Å². The van der Waals surface area contributed by atoms with Crippen molar-refractivity contribution in [2.75, 3.05) is 11.5 Å². The lowest BCUT2D eigenvalue weighted by Gasteiger charge is -2.23. The molecule has 1 amide bonds. The van der Waals surface area contributed by atoms with E-state index in [1.807, 2.05) is 12.1 Å². The van der Waals surface area contributed by atoms with Gasteiger partial charge in [0.15, 0.2) is 9.84 Å². The first kappa shape index (κ1) is 11.6. The third-order valence-electron chi connectivity index (χ3n) is 3.67. The van der Waals surface area contributed by atoms with Gasteiger partial charge in [0.05, 0.1) is 17.5 Å². The molecule has 2 atom stereocenters. The Balaban J connectivity index is 1.82. The zero-order chi connectivity index (χ0) is 12.8. The summed E-state index contributed by atoms with van der Waals surface area (Å²) in [6.07, 6.45) is 3.76. The third kappa shape index (κ3) is 2.01. The maximum atomic E-state index is 11.9. The van der Waals surface area contributed by atoms with E-state index in [4.69, 9.17) is 0 Å². The molecule has 2 fully saturated rings. The van der Waals surface area contributed by atoms with E-state index in [2.05, 4.69) is 4.98 Å². The summed E-state index contributed by atoms with van der Waals surface area (Å²) in [6.45, 7) is 0.462. The zero-order valence-corrected chi connectivity index (χ0v) is 10.6. The van der Waals surface area contributed by atoms with E-state index in [1.165, 1.54) is 0 Å². The molecule has 0 aliphatic carbocycles. The van der Waals surface area contributed by atoms with Gasteiger partial charge in [-0.2, -0.15) is 0 Å². The minimum absolute atomic E-state index is 0.0147. The highest BCUT2D eigenvalue weighted by Gasteiger charge is 2.48. The molecule has 3 heterocycles. The fourth-order valence-corrected chi connectivity index (χ4v) is 4.96. The topological polar surface area (TPSA) is 67.3 Å². The van der Waals surface area contributed by atoms with Crippen molar-refractivity contribution in [3.05, 3.63) is 30.1 Å². The summed E-state index contributed by atoms with van der Waals surface area (Å²) in [7, 11) is -2.96. The first-order valence-corrected chi connectivity index (χ1v) is 7.76. The summed E-state index contributed by atoms with van der Waals surface area (Å²) in [5.41, 5.74) is 0.941. The largest absolute Gasteiger partial charge is 0.334 e. The number of aromatic nitrogens is 1. The zero-order valence-electron chi connectivity index (χ0n) is 9.82. The second-order valence-corrected chi connectivity index (χ2v) is 7.15. The van der Waals surface area contributed by atoms with Crippen molar-refractivity contribution in [3.63, 3.8) is 0 Å². The third-order valence-corrected chi connectivity index (χ3v) is 5.46. The number of hydrogen-bond acceptors (Lipinski definition) is 4. The molecular formula is C12H14N2O3S. The van der Waals surface area contributed by atoms with Crippen molar-refractivity contribution in [1.29, 1.82) is 0 Å². The Kier molecular flexibility index (Phi) is 2.62. The molecule has 0 radical (unpaired) electrons. The van der Waals surface area contributed by atoms with Gasteiger partial charge in [-0.1, -0.05) is 6.07 Å². The van der Waals surface area contributed by atoms with Crippen LogP contribution in [0.2, 0.25) is 0 Å². The molecule has 96 valence electrons. The highest BCUT2D eigenvalue weighted by molar-refractivity contribution is 7.91. The van der Waals surface area contributed by atoms with Crippen molar-refractivity contribution in [2.24, 2.45) is 5.92 Å². The van der Waals surface area contributed by atoms with Crippen LogP contribution in [0.25, 0.3) is 0 Å². The fraction of sp³-hybridized carbons (Fsp3) is 0.500. The minimum atomic E-state index is -2.96. The Morgan fingerprint density at radius 3 is 2.94 bits per heavy atom. The first-order valence-electron chi connectivity index (χ1n) is 5.94. The summed E-state index contributed by atoms with van der Waals surface area (Å²) in [4.78, 5) is 17.6. The Bertz CT molecular complexity index is 570.